The van der Waals surface area contributed by atoms with Crippen LogP contribution >= 0.6 is 0 Å². The van der Waals surface area contributed by atoms with E-state index in [4.69, 9.17) is 0 Å². The first-order valence-electron chi connectivity index (χ1n) is 10.1. The summed E-state index contributed by atoms with van der Waals surface area (Å²) < 4.78 is 14.1. The second kappa shape index (κ2) is 7.47. The van der Waals surface area contributed by atoms with E-state index >= 15 is 0 Å². The Balaban J connectivity index is 1.32. The zero-order valence-electron chi connectivity index (χ0n) is 16.3. The molecule has 2 aliphatic heterocycles. The summed E-state index contributed by atoms with van der Waals surface area (Å²) in [4.78, 5) is 37.5. The minimum absolute atomic E-state index is 0.0539. The number of benzene rings is 1. The highest BCUT2D eigenvalue weighted by atomic mass is 19.1. The Morgan fingerprint density at radius 3 is 2.87 bits per heavy atom. The number of carbonyl (C=O) groups is 2. The van der Waals surface area contributed by atoms with Crippen molar-refractivity contribution in [3.63, 3.8) is 0 Å². The fourth-order valence-corrected chi connectivity index (χ4v) is 4.50. The van der Waals surface area contributed by atoms with Gasteiger partial charge in [-0.1, -0.05) is 12.1 Å². The normalized spacial score (nSPS) is 22.1. The number of hydrogen-bond donors (Lipinski definition) is 1. The molecule has 9 heteroatoms. The molecule has 1 N–H and O–H groups in total. The first kappa shape index (κ1) is 18.7. The van der Waals surface area contributed by atoms with Gasteiger partial charge < -0.3 is 9.80 Å². The van der Waals surface area contributed by atoms with E-state index in [1.54, 1.807) is 30.6 Å². The number of aromatic amines is 1. The van der Waals surface area contributed by atoms with Crippen molar-refractivity contribution in [1.82, 2.24) is 25.1 Å². The van der Waals surface area contributed by atoms with Crippen LogP contribution in [0.5, 0.6) is 0 Å². The van der Waals surface area contributed by atoms with E-state index in [0.717, 1.165) is 24.1 Å². The summed E-state index contributed by atoms with van der Waals surface area (Å²) in [5, 5.41) is 7.25. The maximum Gasteiger partial charge on any atom is 0.228 e. The quantitative estimate of drug-likeness (QED) is 0.717. The molecule has 2 amide bonds. The van der Waals surface area contributed by atoms with Gasteiger partial charge in [0.1, 0.15) is 11.3 Å². The molecular weight excluding hydrogens is 387 g/mol. The lowest BCUT2D eigenvalue weighted by Gasteiger charge is -2.33. The van der Waals surface area contributed by atoms with Gasteiger partial charge in [0.25, 0.3) is 0 Å². The molecule has 1 aromatic carbocycles. The number of rotatable bonds is 3. The van der Waals surface area contributed by atoms with E-state index in [2.05, 4.69) is 20.2 Å². The van der Waals surface area contributed by atoms with Crippen molar-refractivity contribution in [1.29, 1.82) is 0 Å². The van der Waals surface area contributed by atoms with Crippen LogP contribution in [0, 0.1) is 11.7 Å². The number of carbonyl (C=O) groups excluding carboxylic acids is 2. The van der Waals surface area contributed by atoms with Crippen molar-refractivity contribution in [2.45, 2.75) is 25.2 Å². The third-order valence-corrected chi connectivity index (χ3v) is 5.98. The number of piperidine rings is 1. The van der Waals surface area contributed by atoms with Crippen LogP contribution in [0.15, 0.2) is 36.7 Å². The number of nitrogens with one attached hydrogen (secondary N) is 1. The molecule has 2 atom stereocenters. The second-order valence-corrected chi connectivity index (χ2v) is 7.85. The van der Waals surface area contributed by atoms with Gasteiger partial charge >= 0.3 is 0 Å². The molecule has 2 saturated heterocycles. The number of aromatic nitrogens is 4. The molecule has 0 aliphatic carbocycles. The number of para-hydroxylation sites is 1. The van der Waals surface area contributed by atoms with Gasteiger partial charge in [-0.05, 0) is 25.0 Å². The SMILES string of the molecule is O=C([C@H]1CC(=O)N(c2ccccc2F)C1)N1CCC[C@@H](c2[nH]nc3nccnc23)C1. The molecule has 2 fully saturated rings. The Kier molecular flexibility index (Phi) is 4.65. The van der Waals surface area contributed by atoms with Crippen LogP contribution in [0.3, 0.4) is 0 Å². The fourth-order valence-electron chi connectivity index (χ4n) is 4.50. The van der Waals surface area contributed by atoms with E-state index in [0.29, 0.717) is 18.7 Å². The lowest BCUT2D eigenvalue weighted by molar-refractivity contribution is -0.137. The molecule has 3 aromatic rings. The Bertz CT molecular complexity index is 1120. The maximum atomic E-state index is 14.1. The van der Waals surface area contributed by atoms with Gasteiger partial charge in [0.05, 0.1) is 17.3 Å². The molecular formula is C21H21FN6O2. The Morgan fingerprint density at radius 2 is 2.00 bits per heavy atom. The van der Waals surface area contributed by atoms with Crippen LogP contribution in [0.1, 0.15) is 30.9 Å². The second-order valence-electron chi connectivity index (χ2n) is 7.85. The van der Waals surface area contributed by atoms with E-state index in [9.17, 15) is 14.0 Å². The fraction of sp³-hybridized carbons (Fsp3) is 0.381. The first-order valence-corrected chi connectivity index (χ1v) is 10.1. The third-order valence-electron chi connectivity index (χ3n) is 5.98. The van der Waals surface area contributed by atoms with Gasteiger partial charge in [0.2, 0.25) is 11.8 Å². The highest BCUT2D eigenvalue weighted by molar-refractivity contribution is 6.00. The smallest absolute Gasteiger partial charge is 0.228 e. The van der Waals surface area contributed by atoms with Gasteiger partial charge in [0, 0.05) is 44.4 Å². The molecule has 154 valence electrons. The number of hydrogen-bond acceptors (Lipinski definition) is 5. The molecule has 5 rings (SSSR count). The number of halogens is 1. The van der Waals surface area contributed by atoms with E-state index in [-0.39, 0.29) is 36.4 Å². The topological polar surface area (TPSA) is 95.1 Å². The molecule has 0 spiro atoms. The maximum absolute atomic E-state index is 14.1. The van der Waals surface area contributed by atoms with E-state index in [1.807, 2.05) is 4.90 Å². The largest absolute Gasteiger partial charge is 0.342 e. The summed E-state index contributed by atoms with van der Waals surface area (Å²) in [7, 11) is 0. The highest BCUT2D eigenvalue weighted by Crippen LogP contribution is 2.32. The molecule has 0 unspecified atom stereocenters. The zero-order valence-corrected chi connectivity index (χ0v) is 16.3. The number of H-pyrrole nitrogens is 1. The van der Waals surface area contributed by atoms with Crippen molar-refractivity contribution >= 4 is 28.7 Å². The molecule has 0 radical (unpaired) electrons. The van der Waals surface area contributed by atoms with Crippen LogP contribution in [0.4, 0.5) is 10.1 Å². The lowest BCUT2D eigenvalue weighted by Crippen LogP contribution is -2.43. The summed E-state index contributed by atoms with van der Waals surface area (Å²) in [6, 6.07) is 6.17. The first-order chi connectivity index (χ1) is 14.6. The van der Waals surface area contributed by atoms with E-state index in [1.165, 1.54) is 11.0 Å². The minimum atomic E-state index is -0.464. The highest BCUT2D eigenvalue weighted by Gasteiger charge is 2.39. The minimum Gasteiger partial charge on any atom is -0.342 e. The third kappa shape index (κ3) is 3.20. The standard InChI is InChI=1S/C21H21FN6O2/c22-15-5-1-2-6-16(15)28-12-14(10-17(28)29)21(30)27-9-3-4-13(11-27)18-19-20(26-25-18)24-8-7-23-19/h1-2,5-8,13-14H,3-4,9-12H2,(H,24,25,26)/t13-,14+/m1/s1. The van der Waals surface area contributed by atoms with Gasteiger partial charge in [0.15, 0.2) is 5.65 Å². The number of anilines is 1. The monoisotopic (exact) mass is 408 g/mol. The summed E-state index contributed by atoms with van der Waals surface area (Å²) in [6.45, 7) is 1.40. The van der Waals surface area contributed by atoms with E-state index < -0.39 is 11.7 Å². The Morgan fingerprint density at radius 1 is 1.17 bits per heavy atom. The molecule has 0 saturated carbocycles. The van der Waals surface area contributed by atoms with Gasteiger partial charge in [-0.15, -0.1) is 0 Å². The van der Waals surface area contributed by atoms with Crippen LogP contribution in [0.2, 0.25) is 0 Å². The van der Waals surface area contributed by atoms with Crippen molar-refractivity contribution < 1.29 is 14.0 Å². The van der Waals surface area contributed by atoms with Crippen LogP contribution in [-0.4, -0.2) is 56.5 Å². The number of fused-ring (bicyclic) bond motifs is 1. The van der Waals surface area contributed by atoms with Crippen molar-refractivity contribution in [3.05, 3.63) is 48.2 Å². The summed E-state index contributed by atoms with van der Waals surface area (Å²) in [5.41, 5.74) is 2.43. The average Bonchev–Trinajstić information content (AvgIpc) is 3.37. The van der Waals surface area contributed by atoms with Crippen LogP contribution in [0.25, 0.3) is 11.2 Å². The molecule has 0 bridgehead atoms. The molecule has 30 heavy (non-hydrogen) atoms. The summed E-state index contributed by atoms with van der Waals surface area (Å²) >= 11 is 0. The van der Waals surface area contributed by atoms with Crippen LogP contribution < -0.4 is 4.90 Å². The van der Waals surface area contributed by atoms with Gasteiger partial charge in [-0.25, -0.2) is 14.4 Å². The lowest BCUT2D eigenvalue weighted by atomic mass is 9.93. The molecule has 2 aliphatic rings. The molecule has 2 aromatic heterocycles. The summed E-state index contributed by atoms with van der Waals surface area (Å²) in [5.74, 6) is -1.11. The van der Waals surface area contributed by atoms with Crippen molar-refractivity contribution in [2.75, 3.05) is 24.5 Å². The summed E-state index contributed by atoms with van der Waals surface area (Å²) in [6.07, 6.45) is 5.11. The molecule has 8 nitrogen and oxygen atoms in total. The number of amides is 2. The Hall–Kier alpha value is -3.36. The predicted octanol–water partition coefficient (Wildman–Crippen LogP) is 2.25. The Labute approximate surface area is 172 Å². The predicted molar refractivity (Wildman–Crippen MR) is 107 cm³/mol. The molecule has 4 heterocycles. The van der Waals surface area contributed by atoms with Crippen molar-refractivity contribution in [2.24, 2.45) is 5.92 Å². The van der Waals surface area contributed by atoms with Crippen molar-refractivity contribution in [3.8, 4) is 0 Å². The average molecular weight is 408 g/mol. The van der Waals surface area contributed by atoms with Gasteiger partial charge in [-0.2, -0.15) is 5.10 Å². The zero-order chi connectivity index (χ0) is 20.7. The van der Waals surface area contributed by atoms with Gasteiger partial charge in [-0.3, -0.25) is 14.7 Å². The number of likely N-dealkylation sites (tertiary alicyclic amines) is 1. The van der Waals surface area contributed by atoms with Crippen LogP contribution in [-0.2, 0) is 9.59 Å². The number of nitrogens with zero attached hydrogens (tertiary/aromatic N) is 5.